The third kappa shape index (κ3) is 7.09. The SMILES string of the molecule is Cc1ccc(NC(=O)[C@H]2CCCN(C(=O)c3c(C)cccc3F)[C@H]2c2ccc(CN3C[C@H](C)C[C@@H]3C(F)(F)F)cc2)cc1N1CCCC1. The van der Waals surface area contributed by atoms with Gasteiger partial charge in [0.2, 0.25) is 5.91 Å². The highest BCUT2D eigenvalue weighted by atomic mass is 19.4. The van der Waals surface area contributed by atoms with Crippen LogP contribution >= 0.6 is 0 Å². The molecule has 48 heavy (non-hydrogen) atoms. The zero-order chi connectivity index (χ0) is 34.2. The van der Waals surface area contributed by atoms with Crippen LogP contribution in [0.1, 0.15) is 77.7 Å². The molecule has 3 aliphatic rings. The van der Waals surface area contributed by atoms with E-state index in [0.29, 0.717) is 42.7 Å². The van der Waals surface area contributed by atoms with E-state index < -0.39 is 35.9 Å². The summed E-state index contributed by atoms with van der Waals surface area (Å²) in [6.45, 7) is 8.37. The molecule has 6 rings (SSSR count). The third-order valence-electron chi connectivity index (χ3n) is 10.3. The second kappa shape index (κ2) is 13.9. The molecule has 4 atom stereocenters. The molecule has 0 aromatic heterocycles. The molecule has 1 N–H and O–H groups in total. The van der Waals surface area contributed by atoms with Crippen LogP contribution in [0.25, 0.3) is 0 Å². The van der Waals surface area contributed by atoms with Crippen LogP contribution in [-0.4, -0.2) is 60.0 Å². The van der Waals surface area contributed by atoms with Gasteiger partial charge in [0.25, 0.3) is 5.91 Å². The van der Waals surface area contributed by atoms with E-state index in [1.165, 1.54) is 11.0 Å². The Balaban J connectivity index is 1.30. The van der Waals surface area contributed by atoms with Crippen LogP contribution in [0.3, 0.4) is 0 Å². The van der Waals surface area contributed by atoms with Crippen molar-refractivity contribution in [3.05, 3.63) is 94.3 Å². The Labute approximate surface area is 280 Å². The van der Waals surface area contributed by atoms with Gasteiger partial charge in [0.15, 0.2) is 0 Å². The zero-order valence-corrected chi connectivity index (χ0v) is 27.8. The van der Waals surface area contributed by atoms with Gasteiger partial charge in [-0.3, -0.25) is 14.5 Å². The molecule has 3 aliphatic heterocycles. The first-order valence-corrected chi connectivity index (χ1v) is 17.0. The van der Waals surface area contributed by atoms with Crippen molar-refractivity contribution in [1.29, 1.82) is 0 Å². The van der Waals surface area contributed by atoms with Crippen molar-refractivity contribution in [2.45, 2.75) is 77.7 Å². The van der Waals surface area contributed by atoms with Gasteiger partial charge in [-0.2, -0.15) is 13.2 Å². The number of rotatable bonds is 7. The second-order valence-corrected chi connectivity index (χ2v) is 13.9. The number of halogens is 4. The number of hydrogen-bond acceptors (Lipinski definition) is 4. The number of carbonyl (C=O) groups excluding carboxylic acids is 2. The zero-order valence-electron chi connectivity index (χ0n) is 27.8. The largest absolute Gasteiger partial charge is 0.404 e. The summed E-state index contributed by atoms with van der Waals surface area (Å²) in [6, 6.07) is 15.4. The third-order valence-corrected chi connectivity index (χ3v) is 10.3. The summed E-state index contributed by atoms with van der Waals surface area (Å²) in [5, 5.41) is 3.12. The number of likely N-dealkylation sites (tertiary alicyclic amines) is 2. The van der Waals surface area contributed by atoms with Gasteiger partial charge in [0.05, 0.1) is 17.5 Å². The number of aryl methyl sites for hydroxylation is 2. The van der Waals surface area contributed by atoms with Crippen LogP contribution in [0.4, 0.5) is 28.9 Å². The topological polar surface area (TPSA) is 55.9 Å². The Morgan fingerprint density at radius 3 is 2.33 bits per heavy atom. The maximum Gasteiger partial charge on any atom is 0.404 e. The van der Waals surface area contributed by atoms with E-state index in [9.17, 15) is 22.8 Å². The Hall–Kier alpha value is -3.92. The summed E-state index contributed by atoms with van der Waals surface area (Å²) in [7, 11) is 0. The molecule has 0 aliphatic carbocycles. The van der Waals surface area contributed by atoms with E-state index in [1.807, 2.05) is 25.1 Å². The Morgan fingerprint density at radius 1 is 0.917 bits per heavy atom. The average Bonchev–Trinajstić information content (AvgIpc) is 3.72. The van der Waals surface area contributed by atoms with E-state index in [0.717, 1.165) is 42.7 Å². The molecule has 0 saturated carbocycles. The first kappa shape index (κ1) is 34.0. The van der Waals surface area contributed by atoms with Crippen molar-refractivity contribution >= 4 is 23.2 Å². The standard InChI is InChI=1S/C38H44F4N4O2/c1-24-20-33(38(40,41)42)45(22-24)23-27-12-14-28(15-13-27)35-30(9-7-19-46(35)37(48)34-26(3)8-6-10-31(34)39)36(47)43-29-16-11-25(2)32(21-29)44-17-4-5-18-44/h6,8,10-16,21,24,30,33,35H,4-5,7,9,17-20,22-23H2,1-3H3,(H,43,47)/t24-,30+,33-,35+/m1/s1. The van der Waals surface area contributed by atoms with Gasteiger partial charge < -0.3 is 15.1 Å². The predicted molar refractivity (Wildman–Crippen MR) is 179 cm³/mol. The van der Waals surface area contributed by atoms with Crippen molar-refractivity contribution in [1.82, 2.24) is 9.80 Å². The summed E-state index contributed by atoms with van der Waals surface area (Å²) >= 11 is 0. The number of amides is 2. The molecule has 3 aromatic carbocycles. The van der Waals surface area contributed by atoms with Crippen molar-refractivity contribution in [2.75, 3.05) is 36.4 Å². The van der Waals surface area contributed by atoms with Crippen LogP contribution in [-0.2, 0) is 11.3 Å². The maximum absolute atomic E-state index is 15.1. The Bertz CT molecular complexity index is 1620. The number of alkyl halides is 3. The molecular weight excluding hydrogens is 620 g/mol. The molecule has 3 fully saturated rings. The Morgan fingerprint density at radius 2 is 1.65 bits per heavy atom. The van der Waals surface area contributed by atoms with E-state index in [2.05, 4.69) is 17.1 Å². The fourth-order valence-electron chi connectivity index (χ4n) is 7.88. The molecule has 10 heteroatoms. The number of nitrogens with one attached hydrogen (secondary N) is 1. The molecule has 0 bridgehead atoms. The minimum absolute atomic E-state index is 0.0182. The summed E-state index contributed by atoms with van der Waals surface area (Å²) < 4.78 is 56.4. The molecule has 0 spiro atoms. The molecule has 0 radical (unpaired) electrons. The van der Waals surface area contributed by atoms with Crippen molar-refractivity contribution in [2.24, 2.45) is 11.8 Å². The molecule has 256 valence electrons. The average molecular weight is 665 g/mol. The maximum atomic E-state index is 15.1. The summed E-state index contributed by atoms with van der Waals surface area (Å²) in [5.74, 6) is -2.02. The van der Waals surface area contributed by atoms with Gasteiger partial charge in [-0.15, -0.1) is 0 Å². The second-order valence-electron chi connectivity index (χ2n) is 13.9. The lowest BCUT2D eigenvalue weighted by atomic mass is 9.83. The van der Waals surface area contributed by atoms with Gasteiger partial charge >= 0.3 is 6.18 Å². The monoisotopic (exact) mass is 664 g/mol. The first-order valence-electron chi connectivity index (χ1n) is 17.0. The Kier molecular flexibility index (Phi) is 9.83. The number of anilines is 2. The number of carbonyl (C=O) groups is 2. The number of nitrogens with zero attached hydrogens (tertiary/aromatic N) is 3. The molecule has 3 aromatic rings. The fraction of sp³-hybridized carbons (Fsp3) is 0.474. The van der Waals surface area contributed by atoms with Crippen LogP contribution in [0, 0.1) is 31.5 Å². The van der Waals surface area contributed by atoms with Gasteiger partial charge in [-0.25, -0.2) is 4.39 Å². The van der Waals surface area contributed by atoms with Gasteiger partial charge in [-0.1, -0.05) is 49.4 Å². The first-order chi connectivity index (χ1) is 22.9. The molecular formula is C38H44F4N4O2. The highest BCUT2D eigenvalue weighted by molar-refractivity contribution is 5.98. The summed E-state index contributed by atoms with van der Waals surface area (Å²) in [5.41, 5.74) is 4.79. The highest BCUT2D eigenvalue weighted by Crippen LogP contribution is 2.40. The van der Waals surface area contributed by atoms with Crippen LogP contribution in [0.15, 0.2) is 60.7 Å². The lowest BCUT2D eigenvalue weighted by Crippen LogP contribution is -2.46. The minimum Gasteiger partial charge on any atom is -0.371 e. The van der Waals surface area contributed by atoms with E-state index >= 15 is 4.39 Å². The smallest absolute Gasteiger partial charge is 0.371 e. The lowest BCUT2D eigenvalue weighted by Gasteiger charge is -2.41. The number of piperidine rings is 1. The summed E-state index contributed by atoms with van der Waals surface area (Å²) in [4.78, 5) is 33.6. The summed E-state index contributed by atoms with van der Waals surface area (Å²) in [6.07, 6.45) is -0.889. The van der Waals surface area contributed by atoms with Gasteiger partial charge in [0, 0.05) is 44.1 Å². The molecule has 0 unspecified atom stereocenters. The number of benzene rings is 3. The van der Waals surface area contributed by atoms with Gasteiger partial charge in [0.1, 0.15) is 11.9 Å². The fourth-order valence-corrected chi connectivity index (χ4v) is 7.88. The predicted octanol–water partition coefficient (Wildman–Crippen LogP) is 8.05. The highest BCUT2D eigenvalue weighted by Gasteiger charge is 2.48. The van der Waals surface area contributed by atoms with Crippen molar-refractivity contribution in [3.63, 3.8) is 0 Å². The van der Waals surface area contributed by atoms with Crippen molar-refractivity contribution in [3.8, 4) is 0 Å². The molecule has 2 amide bonds. The van der Waals surface area contributed by atoms with Crippen LogP contribution in [0.2, 0.25) is 0 Å². The van der Waals surface area contributed by atoms with E-state index in [-0.39, 0.29) is 30.4 Å². The quantitative estimate of drug-likeness (QED) is 0.260. The van der Waals surface area contributed by atoms with E-state index in [1.54, 1.807) is 48.2 Å². The van der Waals surface area contributed by atoms with Crippen LogP contribution in [0.5, 0.6) is 0 Å². The van der Waals surface area contributed by atoms with E-state index in [4.69, 9.17) is 0 Å². The van der Waals surface area contributed by atoms with Crippen LogP contribution < -0.4 is 10.2 Å². The molecule has 3 saturated heterocycles. The van der Waals surface area contributed by atoms with Gasteiger partial charge in [-0.05, 0) is 92.3 Å². The van der Waals surface area contributed by atoms with Crippen molar-refractivity contribution < 1.29 is 27.2 Å². The molecule has 6 nitrogen and oxygen atoms in total. The minimum atomic E-state index is -4.30. The lowest BCUT2D eigenvalue weighted by molar-refractivity contribution is -0.177. The number of hydrogen-bond donors (Lipinski definition) is 1. The normalized spacial score (nSPS) is 23.5. The molecule has 3 heterocycles.